The molecule has 0 fully saturated rings. The molecule has 0 spiro atoms. The third-order valence-corrected chi connectivity index (χ3v) is 1.12. The number of carbonyl (C=O) groups is 1. The first-order valence-corrected chi connectivity index (χ1v) is 3.09. The van der Waals surface area contributed by atoms with Crippen molar-refractivity contribution in [1.29, 1.82) is 0 Å². The minimum Gasteiger partial charge on any atom is -0.479 e. The van der Waals surface area contributed by atoms with Crippen LogP contribution in [0.15, 0.2) is 0 Å². The maximum atomic E-state index is 9.96. The van der Waals surface area contributed by atoms with Gasteiger partial charge in [-0.15, -0.1) is 0 Å². The zero-order valence-electron chi connectivity index (χ0n) is 5.50. The van der Waals surface area contributed by atoms with Gasteiger partial charge in [0.2, 0.25) is 0 Å². The highest BCUT2D eigenvalue weighted by molar-refractivity contribution is 5.75. The number of aliphatic hydroxyl groups excluding tert-OH is 1. The summed E-state index contributed by atoms with van der Waals surface area (Å²) in [6.45, 7) is 1.95. The molecule has 0 bridgehead atoms. The number of hydrogen-bond acceptors (Lipinski definition) is 2. The van der Waals surface area contributed by atoms with Crippen molar-refractivity contribution in [2.75, 3.05) is 0 Å². The number of aliphatic carboxylic acids is 1. The summed E-state index contributed by atoms with van der Waals surface area (Å²) in [5.41, 5.74) is 0. The first-order valence-electron chi connectivity index (χ1n) is 3.09. The zero-order chi connectivity index (χ0) is 7.28. The van der Waals surface area contributed by atoms with Crippen molar-refractivity contribution < 1.29 is 15.0 Å². The fourth-order valence-electron chi connectivity index (χ4n) is 0.521. The van der Waals surface area contributed by atoms with Gasteiger partial charge in [-0.1, -0.05) is 19.8 Å². The fourth-order valence-corrected chi connectivity index (χ4v) is 0.521. The first kappa shape index (κ1) is 12.3. The van der Waals surface area contributed by atoms with Gasteiger partial charge in [-0.25, -0.2) is 4.79 Å². The molecule has 0 aromatic rings. The monoisotopic (exact) mass is 164 g/mol. The lowest BCUT2D eigenvalue weighted by atomic mass is 10.2. The number of aliphatic hydroxyl groups is 1. The minimum absolute atomic E-state index is 0. The van der Waals surface area contributed by atoms with Crippen LogP contribution in [-0.4, -0.2) is 33.3 Å². The van der Waals surface area contributed by atoms with Crippen molar-refractivity contribution in [3.05, 3.63) is 0 Å². The molecule has 0 radical (unpaired) electrons. The molecular formula is C6H16O3Si. The first-order chi connectivity index (χ1) is 4.18. The van der Waals surface area contributed by atoms with Gasteiger partial charge in [0.1, 0.15) is 0 Å². The van der Waals surface area contributed by atoms with Crippen LogP contribution < -0.4 is 0 Å². The summed E-state index contributed by atoms with van der Waals surface area (Å²) < 4.78 is 0. The lowest BCUT2D eigenvalue weighted by Crippen LogP contribution is -2.18. The van der Waals surface area contributed by atoms with E-state index < -0.39 is 12.1 Å². The van der Waals surface area contributed by atoms with Crippen molar-refractivity contribution in [3.63, 3.8) is 0 Å². The normalized spacial score (nSPS) is 11.8. The van der Waals surface area contributed by atoms with E-state index in [1.807, 2.05) is 6.92 Å². The molecule has 0 heterocycles. The molecule has 62 valence electrons. The van der Waals surface area contributed by atoms with Crippen LogP contribution in [0.3, 0.4) is 0 Å². The SMILES string of the molecule is CCCCC(O)C(=O)O.[SiH4]. The summed E-state index contributed by atoms with van der Waals surface area (Å²) in [7, 11) is 0. The predicted octanol–water partition coefficient (Wildman–Crippen LogP) is -0.830. The Morgan fingerprint density at radius 2 is 2.10 bits per heavy atom. The third kappa shape index (κ3) is 5.78. The van der Waals surface area contributed by atoms with Crippen LogP contribution in [0.25, 0.3) is 0 Å². The van der Waals surface area contributed by atoms with Crippen LogP contribution in [0, 0.1) is 0 Å². The molecule has 0 aromatic heterocycles. The molecule has 3 nitrogen and oxygen atoms in total. The van der Waals surface area contributed by atoms with Crippen LogP contribution in [0.2, 0.25) is 0 Å². The Morgan fingerprint density at radius 3 is 2.40 bits per heavy atom. The Morgan fingerprint density at radius 1 is 1.60 bits per heavy atom. The highest BCUT2D eigenvalue weighted by atomic mass is 28.1. The number of rotatable bonds is 4. The number of carboxylic acid groups (broad SMARTS) is 1. The second-order valence-corrected chi connectivity index (χ2v) is 2.00. The minimum atomic E-state index is -1.16. The maximum absolute atomic E-state index is 9.96. The fraction of sp³-hybridized carbons (Fsp3) is 0.833. The Kier molecular flexibility index (Phi) is 8.34. The quantitative estimate of drug-likeness (QED) is 0.533. The van der Waals surface area contributed by atoms with Crippen molar-refractivity contribution in [2.45, 2.75) is 32.3 Å². The van der Waals surface area contributed by atoms with E-state index in [9.17, 15) is 4.79 Å². The van der Waals surface area contributed by atoms with Gasteiger partial charge in [0.25, 0.3) is 0 Å². The Bertz CT molecular complexity index is 95.0. The third-order valence-electron chi connectivity index (χ3n) is 1.12. The van der Waals surface area contributed by atoms with Crippen LogP contribution in [0.4, 0.5) is 0 Å². The molecule has 0 aliphatic heterocycles. The standard InChI is InChI=1S/C6H12O3.H4Si/c1-2-3-4-5(7)6(8)9;/h5,7H,2-4H2,1H3,(H,8,9);1H4. The number of carboxylic acids is 1. The van der Waals surface area contributed by atoms with Gasteiger partial charge < -0.3 is 10.2 Å². The van der Waals surface area contributed by atoms with E-state index >= 15 is 0 Å². The summed E-state index contributed by atoms with van der Waals surface area (Å²) in [5.74, 6) is -1.12. The lowest BCUT2D eigenvalue weighted by Gasteiger charge is -2.01. The molecule has 0 saturated heterocycles. The second-order valence-electron chi connectivity index (χ2n) is 2.00. The summed E-state index contributed by atoms with van der Waals surface area (Å²) in [6.07, 6.45) is 0.897. The van der Waals surface area contributed by atoms with E-state index in [-0.39, 0.29) is 11.0 Å². The number of hydrogen-bond donors (Lipinski definition) is 2. The van der Waals surface area contributed by atoms with E-state index in [2.05, 4.69) is 0 Å². The van der Waals surface area contributed by atoms with Crippen LogP contribution in [0.5, 0.6) is 0 Å². The highest BCUT2D eigenvalue weighted by Gasteiger charge is 2.10. The molecular weight excluding hydrogens is 148 g/mol. The molecule has 0 amide bonds. The van der Waals surface area contributed by atoms with Crippen molar-refractivity contribution in [2.24, 2.45) is 0 Å². The zero-order valence-corrected chi connectivity index (χ0v) is 5.50. The molecule has 1 unspecified atom stereocenters. The van der Waals surface area contributed by atoms with Gasteiger partial charge in [0.15, 0.2) is 6.10 Å². The maximum Gasteiger partial charge on any atom is 0.332 e. The van der Waals surface area contributed by atoms with Crippen molar-refractivity contribution in [1.82, 2.24) is 0 Å². The summed E-state index contributed by atoms with van der Waals surface area (Å²) in [6, 6.07) is 0. The average Bonchev–Trinajstić information content (AvgIpc) is 1.82. The lowest BCUT2D eigenvalue weighted by molar-refractivity contribution is -0.146. The summed E-state index contributed by atoms with van der Waals surface area (Å²) in [4.78, 5) is 9.96. The highest BCUT2D eigenvalue weighted by Crippen LogP contribution is 1.99. The van der Waals surface area contributed by atoms with Crippen LogP contribution in [0.1, 0.15) is 26.2 Å². The topological polar surface area (TPSA) is 57.5 Å². The molecule has 10 heavy (non-hydrogen) atoms. The Labute approximate surface area is 65.1 Å². The smallest absolute Gasteiger partial charge is 0.332 e. The summed E-state index contributed by atoms with van der Waals surface area (Å²) >= 11 is 0. The summed E-state index contributed by atoms with van der Waals surface area (Å²) in [5, 5.41) is 16.8. The van der Waals surface area contributed by atoms with E-state index in [1.54, 1.807) is 0 Å². The van der Waals surface area contributed by atoms with E-state index in [4.69, 9.17) is 10.2 Å². The van der Waals surface area contributed by atoms with Gasteiger partial charge in [-0.2, -0.15) is 0 Å². The molecule has 4 heteroatoms. The van der Waals surface area contributed by atoms with Gasteiger partial charge >= 0.3 is 5.97 Å². The Balaban J connectivity index is 0. The van der Waals surface area contributed by atoms with Crippen LogP contribution in [-0.2, 0) is 4.79 Å². The van der Waals surface area contributed by atoms with Crippen molar-refractivity contribution >= 4 is 16.9 Å². The van der Waals surface area contributed by atoms with Gasteiger partial charge in [-0.05, 0) is 17.4 Å². The molecule has 0 rings (SSSR count). The van der Waals surface area contributed by atoms with E-state index in [0.29, 0.717) is 6.42 Å². The second kappa shape index (κ2) is 6.76. The molecule has 0 aromatic carbocycles. The van der Waals surface area contributed by atoms with Crippen molar-refractivity contribution in [3.8, 4) is 0 Å². The Hall–Kier alpha value is -0.353. The molecule has 0 saturated carbocycles. The van der Waals surface area contributed by atoms with Crippen LogP contribution >= 0.6 is 0 Å². The van der Waals surface area contributed by atoms with E-state index in [0.717, 1.165) is 12.8 Å². The molecule has 0 aliphatic rings. The van der Waals surface area contributed by atoms with Gasteiger partial charge in [0.05, 0.1) is 0 Å². The van der Waals surface area contributed by atoms with Gasteiger partial charge in [0, 0.05) is 0 Å². The van der Waals surface area contributed by atoms with E-state index in [1.165, 1.54) is 0 Å². The average molecular weight is 164 g/mol. The molecule has 0 aliphatic carbocycles. The predicted molar refractivity (Wildman–Crippen MR) is 44.5 cm³/mol. The van der Waals surface area contributed by atoms with Gasteiger partial charge in [-0.3, -0.25) is 0 Å². The molecule has 2 N–H and O–H groups in total. The largest absolute Gasteiger partial charge is 0.479 e. The molecule has 1 atom stereocenters. The number of unbranched alkanes of at least 4 members (excludes halogenated alkanes) is 1.